The maximum absolute atomic E-state index is 10.0. The number of rotatable bonds is 9. The summed E-state index contributed by atoms with van der Waals surface area (Å²) in [4.78, 5) is 18.1. The minimum atomic E-state index is -0.877. The summed E-state index contributed by atoms with van der Waals surface area (Å²) in [5.41, 5.74) is 0.359. The summed E-state index contributed by atoms with van der Waals surface area (Å²) in [6.07, 6.45) is 0. The van der Waals surface area contributed by atoms with Crippen LogP contribution in [0.5, 0.6) is 0 Å². The van der Waals surface area contributed by atoms with Gasteiger partial charge in [-0.05, 0) is 34.6 Å². The van der Waals surface area contributed by atoms with Crippen LogP contribution in [0.2, 0.25) is 0 Å². The number of hydrogen-bond donors (Lipinski definition) is 5. The highest BCUT2D eigenvalue weighted by molar-refractivity contribution is 5.94. The second kappa shape index (κ2) is 8.11. The Morgan fingerprint density at radius 1 is 0.720 bits per heavy atom. The van der Waals surface area contributed by atoms with Crippen molar-refractivity contribution in [3.05, 3.63) is 0 Å². The molecule has 0 spiro atoms. The van der Waals surface area contributed by atoms with Crippen molar-refractivity contribution in [3.8, 4) is 0 Å². The van der Waals surface area contributed by atoms with Gasteiger partial charge in [0.05, 0.1) is 5.60 Å². The summed E-state index contributed by atoms with van der Waals surface area (Å²) in [6, 6.07) is 0. The molecule has 0 amide bonds. The molecule has 9 heteroatoms. The highest BCUT2D eigenvalue weighted by Crippen LogP contribution is 2.27. The fourth-order valence-corrected chi connectivity index (χ4v) is 2.20. The number of fused-ring (bicyclic) bond motifs is 1. The first-order chi connectivity index (χ1) is 11.9. The van der Waals surface area contributed by atoms with Gasteiger partial charge in [0, 0.05) is 26.2 Å². The predicted molar refractivity (Wildman–Crippen MR) is 102 cm³/mol. The van der Waals surface area contributed by atoms with Gasteiger partial charge in [0.2, 0.25) is 11.9 Å². The summed E-state index contributed by atoms with van der Waals surface area (Å²) in [5.74, 6) is 2.21. The van der Waals surface area contributed by atoms with Crippen LogP contribution >= 0.6 is 0 Å². The number of aliphatic hydroxyl groups is 1. The highest BCUT2D eigenvalue weighted by atomic mass is 16.3. The Morgan fingerprint density at radius 2 is 1.16 bits per heavy atom. The van der Waals surface area contributed by atoms with Crippen molar-refractivity contribution in [2.45, 2.75) is 40.2 Å². The van der Waals surface area contributed by atoms with Crippen LogP contribution in [0, 0.1) is 0 Å². The van der Waals surface area contributed by atoms with Crippen LogP contribution in [-0.4, -0.2) is 56.8 Å². The van der Waals surface area contributed by atoms with E-state index in [0.717, 1.165) is 0 Å². The Kier molecular flexibility index (Phi) is 6.13. The van der Waals surface area contributed by atoms with Crippen LogP contribution in [-0.2, 0) is 0 Å². The number of hydrogen-bond acceptors (Lipinski definition) is 9. The molecule has 138 valence electrons. The van der Waals surface area contributed by atoms with Crippen molar-refractivity contribution in [1.29, 1.82) is 0 Å². The third-order valence-corrected chi connectivity index (χ3v) is 3.25. The zero-order valence-electron chi connectivity index (χ0n) is 15.6. The minimum absolute atomic E-state index is 0.335. The first kappa shape index (κ1) is 18.9. The summed E-state index contributed by atoms with van der Waals surface area (Å²) >= 11 is 0. The third-order valence-electron chi connectivity index (χ3n) is 3.25. The molecule has 0 aliphatic rings. The van der Waals surface area contributed by atoms with Crippen molar-refractivity contribution < 1.29 is 5.11 Å². The fraction of sp³-hybridized carbons (Fsp3) is 0.625. The van der Waals surface area contributed by atoms with E-state index in [-0.39, 0.29) is 0 Å². The minimum Gasteiger partial charge on any atom is -0.389 e. The maximum Gasteiger partial charge on any atom is 0.225 e. The molecular formula is C16H28N8O. The third kappa shape index (κ3) is 5.02. The molecule has 0 bridgehead atoms. The van der Waals surface area contributed by atoms with Crippen LogP contribution in [0.25, 0.3) is 11.0 Å². The Labute approximate surface area is 148 Å². The molecular weight excluding hydrogens is 320 g/mol. The zero-order valence-corrected chi connectivity index (χ0v) is 15.6. The number of anilines is 4. The molecule has 0 aromatic carbocycles. The standard InChI is InChI=1S/C16H28N8O/c1-6-17-12-10-11(22-14(23-12)18-7-2)13(20-9-16(4,5)25)24-15(21-10)19-8-3/h25H,6-9H2,1-5H3,(H2,17,18,22,23)(H2,19,20,21,24). The monoisotopic (exact) mass is 348 g/mol. The summed E-state index contributed by atoms with van der Waals surface area (Å²) < 4.78 is 0. The molecule has 0 atom stereocenters. The van der Waals surface area contributed by atoms with Crippen molar-refractivity contribution in [2.24, 2.45) is 0 Å². The van der Waals surface area contributed by atoms with E-state index in [1.807, 2.05) is 20.8 Å². The Balaban J connectivity index is 2.60. The average Bonchev–Trinajstić information content (AvgIpc) is 2.53. The molecule has 0 saturated heterocycles. The fourth-order valence-electron chi connectivity index (χ4n) is 2.20. The average molecular weight is 348 g/mol. The van der Waals surface area contributed by atoms with Gasteiger partial charge in [-0.25, -0.2) is 9.97 Å². The molecule has 0 aliphatic heterocycles. The van der Waals surface area contributed by atoms with Crippen LogP contribution in [0.1, 0.15) is 34.6 Å². The topological polar surface area (TPSA) is 120 Å². The van der Waals surface area contributed by atoms with E-state index in [1.54, 1.807) is 13.8 Å². The van der Waals surface area contributed by atoms with Crippen molar-refractivity contribution in [2.75, 3.05) is 47.4 Å². The lowest BCUT2D eigenvalue weighted by molar-refractivity contribution is 0.0944. The van der Waals surface area contributed by atoms with E-state index in [2.05, 4.69) is 41.2 Å². The van der Waals surface area contributed by atoms with E-state index in [0.29, 0.717) is 60.7 Å². The molecule has 0 fully saturated rings. The molecule has 0 unspecified atom stereocenters. The molecule has 25 heavy (non-hydrogen) atoms. The van der Waals surface area contributed by atoms with Crippen molar-refractivity contribution in [3.63, 3.8) is 0 Å². The smallest absolute Gasteiger partial charge is 0.225 e. The predicted octanol–water partition coefficient (Wildman–Crippen LogP) is 1.90. The second-order valence-electron chi connectivity index (χ2n) is 6.25. The second-order valence-corrected chi connectivity index (χ2v) is 6.25. The molecule has 5 N–H and O–H groups in total. The van der Waals surface area contributed by atoms with Crippen molar-refractivity contribution in [1.82, 2.24) is 19.9 Å². The van der Waals surface area contributed by atoms with Gasteiger partial charge >= 0.3 is 0 Å². The van der Waals surface area contributed by atoms with E-state index in [9.17, 15) is 5.11 Å². The van der Waals surface area contributed by atoms with Gasteiger partial charge in [0.1, 0.15) is 11.0 Å². The van der Waals surface area contributed by atoms with Gasteiger partial charge in [-0.1, -0.05) is 0 Å². The molecule has 0 aliphatic carbocycles. The van der Waals surface area contributed by atoms with Gasteiger partial charge in [-0.15, -0.1) is 0 Å². The molecule has 9 nitrogen and oxygen atoms in total. The highest BCUT2D eigenvalue weighted by Gasteiger charge is 2.18. The Morgan fingerprint density at radius 3 is 1.56 bits per heavy atom. The van der Waals surface area contributed by atoms with Gasteiger partial charge in [0.25, 0.3) is 0 Å². The maximum atomic E-state index is 10.0. The number of nitrogens with zero attached hydrogens (tertiary/aromatic N) is 4. The van der Waals surface area contributed by atoms with Crippen LogP contribution in [0.4, 0.5) is 23.5 Å². The van der Waals surface area contributed by atoms with Crippen LogP contribution in [0.15, 0.2) is 0 Å². The molecule has 2 aromatic rings. The van der Waals surface area contributed by atoms with E-state index < -0.39 is 5.60 Å². The van der Waals surface area contributed by atoms with Crippen molar-refractivity contribution >= 4 is 34.6 Å². The largest absolute Gasteiger partial charge is 0.389 e. The molecule has 2 rings (SSSR count). The lowest BCUT2D eigenvalue weighted by Crippen LogP contribution is -2.30. The SMILES string of the molecule is CCNc1nc(NCC(C)(C)O)c2nc(NCC)nc(NCC)c2n1. The van der Waals surface area contributed by atoms with Gasteiger partial charge in [-0.3, -0.25) is 0 Å². The number of nitrogens with one attached hydrogen (secondary N) is 4. The lowest BCUT2D eigenvalue weighted by atomic mass is 10.1. The van der Waals surface area contributed by atoms with E-state index in [1.165, 1.54) is 0 Å². The molecule has 2 aromatic heterocycles. The number of aromatic nitrogens is 4. The Bertz CT molecular complexity index is 713. The summed E-state index contributed by atoms with van der Waals surface area (Å²) in [5, 5.41) is 22.7. The molecule has 2 heterocycles. The molecule has 0 radical (unpaired) electrons. The van der Waals surface area contributed by atoms with E-state index >= 15 is 0 Å². The van der Waals surface area contributed by atoms with Gasteiger partial charge in [0.15, 0.2) is 11.6 Å². The van der Waals surface area contributed by atoms with Gasteiger partial charge < -0.3 is 26.4 Å². The first-order valence-electron chi connectivity index (χ1n) is 8.65. The van der Waals surface area contributed by atoms with E-state index in [4.69, 9.17) is 0 Å². The normalized spacial score (nSPS) is 11.4. The summed E-state index contributed by atoms with van der Waals surface area (Å²) in [7, 11) is 0. The summed E-state index contributed by atoms with van der Waals surface area (Å²) in [6.45, 7) is 11.9. The zero-order chi connectivity index (χ0) is 18.4. The lowest BCUT2D eigenvalue weighted by Gasteiger charge is -2.19. The molecule has 0 saturated carbocycles. The first-order valence-corrected chi connectivity index (χ1v) is 8.65. The van der Waals surface area contributed by atoms with Gasteiger partial charge in [-0.2, -0.15) is 9.97 Å². The quantitative estimate of drug-likeness (QED) is 0.462. The van der Waals surface area contributed by atoms with Crippen LogP contribution < -0.4 is 21.3 Å². The van der Waals surface area contributed by atoms with Crippen LogP contribution in [0.3, 0.4) is 0 Å². The Hall–Kier alpha value is -2.42.